The van der Waals surface area contributed by atoms with E-state index >= 15 is 0 Å². The smallest absolute Gasteiger partial charge is 0.0655 e. The van der Waals surface area contributed by atoms with E-state index in [1.165, 1.54) is 43.2 Å². The van der Waals surface area contributed by atoms with E-state index in [0.29, 0.717) is 11.8 Å². The zero-order valence-corrected chi connectivity index (χ0v) is 12.9. The monoisotopic (exact) mass is 269 g/mol. The number of benzene rings is 1. The predicted molar refractivity (Wildman–Crippen MR) is 84.5 cm³/mol. The van der Waals surface area contributed by atoms with E-state index in [2.05, 4.69) is 44.2 Å². The first kappa shape index (κ1) is 15.1. The minimum absolute atomic E-state index is 0.306. The molecule has 0 spiro atoms. The van der Waals surface area contributed by atoms with Crippen LogP contribution in [0.15, 0.2) is 24.3 Å². The highest BCUT2D eigenvalue weighted by Gasteiger charge is 2.21. The standard InChI is InChI=1S/C19H27N/c1-3-4-15(2)13-16-5-9-18(10-6-16)19-11-7-17(14-20)8-12-19/h5-6,9-10,15,17,19H,3-4,7-8,11-13H2,1-2H3. The van der Waals surface area contributed by atoms with Crippen molar-refractivity contribution < 1.29 is 0 Å². The molecule has 1 fully saturated rings. The summed E-state index contributed by atoms with van der Waals surface area (Å²) < 4.78 is 0. The summed E-state index contributed by atoms with van der Waals surface area (Å²) in [5, 5.41) is 8.96. The van der Waals surface area contributed by atoms with Crippen molar-refractivity contribution in [1.82, 2.24) is 0 Å². The third kappa shape index (κ3) is 4.10. The third-order valence-electron chi connectivity index (χ3n) is 4.73. The molecule has 1 aliphatic carbocycles. The molecule has 0 aromatic heterocycles. The van der Waals surface area contributed by atoms with Crippen LogP contribution in [0.4, 0.5) is 0 Å². The van der Waals surface area contributed by atoms with Gasteiger partial charge in [-0.1, -0.05) is 51.0 Å². The van der Waals surface area contributed by atoms with E-state index in [9.17, 15) is 0 Å². The summed E-state index contributed by atoms with van der Waals surface area (Å²) >= 11 is 0. The number of hydrogen-bond donors (Lipinski definition) is 0. The van der Waals surface area contributed by atoms with Gasteiger partial charge in [-0.3, -0.25) is 0 Å². The number of rotatable bonds is 5. The average molecular weight is 269 g/mol. The van der Waals surface area contributed by atoms with Crippen molar-refractivity contribution in [1.29, 1.82) is 5.26 Å². The van der Waals surface area contributed by atoms with E-state index in [0.717, 1.165) is 18.8 Å². The number of nitrogens with zero attached hydrogens (tertiary/aromatic N) is 1. The molecule has 1 aromatic carbocycles. The van der Waals surface area contributed by atoms with Crippen LogP contribution in [0.2, 0.25) is 0 Å². The molecule has 1 saturated carbocycles. The summed E-state index contributed by atoms with van der Waals surface area (Å²) in [6.45, 7) is 4.61. The first-order valence-corrected chi connectivity index (χ1v) is 8.21. The molecule has 1 atom stereocenters. The third-order valence-corrected chi connectivity index (χ3v) is 4.73. The van der Waals surface area contributed by atoms with Crippen molar-refractivity contribution in [3.05, 3.63) is 35.4 Å². The van der Waals surface area contributed by atoms with Crippen LogP contribution in [0, 0.1) is 23.2 Å². The molecule has 1 nitrogen and oxygen atoms in total. The van der Waals surface area contributed by atoms with Gasteiger partial charge in [0.15, 0.2) is 0 Å². The van der Waals surface area contributed by atoms with Crippen molar-refractivity contribution >= 4 is 0 Å². The molecule has 0 heterocycles. The van der Waals surface area contributed by atoms with Crippen LogP contribution in [-0.2, 0) is 6.42 Å². The lowest BCUT2D eigenvalue weighted by Gasteiger charge is -2.25. The molecular formula is C19H27N. The lowest BCUT2D eigenvalue weighted by atomic mass is 9.79. The minimum atomic E-state index is 0.306. The Labute approximate surface area is 124 Å². The first-order chi connectivity index (χ1) is 9.72. The van der Waals surface area contributed by atoms with Crippen molar-refractivity contribution in [2.75, 3.05) is 0 Å². The molecular weight excluding hydrogens is 242 g/mol. The van der Waals surface area contributed by atoms with Crippen molar-refractivity contribution in [3.63, 3.8) is 0 Å². The maximum absolute atomic E-state index is 8.96. The summed E-state index contributed by atoms with van der Waals surface area (Å²) in [6.07, 6.45) is 8.33. The van der Waals surface area contributed by atoms with Crippen LogP contribution in [0.5, 0.6) is 0 Å². The molecule has 0 amide bonds. The minimum Gasteiger partial charge on any atom is -0.198 e. The quantitative estimate of drug-likeness (QED) is 0.696. The van der Waals surface area contributed by atoms with E-state index in [4.69, 9.17) is 5.26 Å². The van der Waals surface area contributed by atoms with Crippen molar-refractivity contribution in [2.24, 2.45) is 11.8 Å². The Morgan fingerprint density at radius 1 is 1.15 bits per heavy atom. The Hall–Kier alpha value is -1.29. The Balaban J connectivity index is 1.90. The zero-order chi connectivity index (χ0) is 14.4. The number of nitriles is 1. The van der Waals surface area contributed by atoms with Crippen LogP contribution in [-0.4, -0.2) is 0 Å². The Morgan fingerprint density at radius 2 is 1.80 bits per heavy atom. The Bertz CT molecular complexity index is 432. The maximum atomic E-state index is 8.96. The van der Waals surface area contributed by atoms with E-state index in [1.54, 1.807) is 0 Å². The van der Waals surface area contributed by atoms with Crippen LogP contribution in [0.25, 0.3) is 0 Å². The summed E-state index contributed by atoms with van der Waals surface area (Å²) in [5.41, 5.74) is 2.95. The fourth-order valence-electron chi connectivity index (χ4n) is 3.48. The van der Waals surface area contributed by atoms with Gasteiger partial charge in [0, 0.05) is 5.92 Å². The highest BCUT2D eigenvalue weighted by molar-refractivity contribution is 5.26. The van der Waals surface area contributed by atoms with Crippen LogP contribution < -0.4 is 0 Å². The molecule has 1 unspecified atom stereocenters. The van der Waals surface area contributed by atoms with Gasteiger partial charge in [-0.2, -0.15) is 5.26 Å². The fraction of sp³-hybridized carbons (Fsp3) is 0.632. The van der Waals surface area contributed by atoms with Gasteiger partial charge in [-0.25, -0.2) is 0 Å². The lowest BCUT2D eigenvalue weighted by Crippen LogP contribution is -2.12. The summed E-state index contributed by atoms with van der Waals surface area (Å²) in [4.78, 5) is 0. The van der Waals surface area contributed by atoms with E-state index < -0.39 is 0 Å². The molecule has 2 rings (SSSR count). The van der Waals surface area contributed by atoms with Crippen LogP contribution in [0.3, 0.4) is 0 Å². The maximum Gasteiger partial charge on any atom is 0.0655 e. The van der Waals surface area contributed by atoms with E-state index in [-0.39, 0.29) is 0 Å². The summed E-state index contributed by atoms with van der Waals surface area (Å²) in [6, 6.07) is 11.7. The van der Waals surface area contributed by atoms with Gasteiger partial charge < -0.3 is 0 Å². The molecule has 0 radical (unpaired) electrons. The second kappa shape index (κ2) is 7.48. The molecule has 20 heavy (non-hydrogen) atoms. The number of hydrogen-bond acceptors (Lipinski definition) is 1. The average Bonchev–Trinajstić information content (AvgIpc) is 2.48. The summed E-state index contributed by atoms with van der Waals surface area (Å²) in [5.74, 6) is 1.78. The molecule has 0 saturated heterocycles. The second-order valence-electron chi connectivity index (χ2n) is 6.52. The largest absolute Gasteiger partial charge is 0.198 e. The highest BCUT2D eigenvalue weighted by Crippen LogP contribution is 2.35. The van der Waals surface area contributed by atoms with Gasteiger partial charge in [-0.15, -0.1) is 0 Å². The van der Waals surface area contributed by atoms with Crippen LogP contribution in [0.1, 0.15) is 69.4 Å². The van der Waals surface area contributed by atoms with Crippen molar-refractivity contribution in [3.8, 4) is 6.07 Å². The van der Waals surface area contributed by atoms with Crippen molar-refractivity contribution in [2.45, 2.75) is 64.7 Å². The summed E-state index contributed by atoms with van der Waals surface area (Å²) in [7, 11) is 0. The van der Waals surface area contributed by atoms with E-state index in [1.807, 2.05) is 0 Å². The molecule has 0 N–H and O–H groups in total. The Morgan fingerprint density at radius 3 is 2.35 bits per heavy atom. The molecule has 108 valence electrons. The van der Waals surface area contributed by atoms with Gasteiger partial charge >= 0.3 is 0 Å². The van der Waals surface area contributed by atoms with Gasteiger partial charge in [0.1, 0.15) is 0 Å². The van der Waals surface area contributed by atoms with Gasteiger partial charge in [0.05, 0.1) is 6.07 Å². The fourth-order valence-corrected chi connectivity index (χ4v) is 3.48. The first-order valence-electron chi connectivity index (χ1n) is 8.21. The van der Waals surface area contributed by atoms with Crippen LogP contribution >= 0.6 is 0 Å². The topological polar surface area (TPSA) is 23.8 Å². The normalized spacial score (nSPS) is 24.1. The molecule has 0 bridgehead atoms. The second-order valence-corrected chi connectivity index (χ2v) is 6.52. The van der Waals surface area contributed by atoms with Gasteiger partial charge in [-0.05, 0) is 55.1 Å². The predicted octanol–water partition coefficient (Wildman–Crippen LogP) is 5.46. The van der Waals surface area contributed by atoms with Gasteiger partial charge in [0.25, 0.3) is 0 Å². The Kier molecular flexibility index (Phi) is 5.65. The highest BCUT2D eigenvalue weighted by atomic mass is 14.3. The lowest BCUT2D eigenvalue weighted by molar-refractivity contribution is 0.382. The molecule has 1 aromatic rings. The molecule has 0 aliphatic heterocycles. The molecule has 1 aliphatic rings. The SMILES string of the molecule is CCCC(C)Cc1ccc(C2CCC(C#N)CC2)cc1. The molecule has 1 heteroatoms. The van der Waals surface area contributed by atoms with Gasteiger partial charge in [0.2, 0.25) is 0 Å². The zero-order valence-electron chi connectivity index (χ0n) is 12.9.